The first-order valence-electron chi connectivity index (χ1n) is 17.9. The zero-order chi connectivity index (χ0) is 35.6. The summed E-state index contributed by atoms with van der Waals surface area (Å²) in [6.45, 7) is 10.5. The van der Waals surface area contributed by atoms with Crippen molar-refractivity contribution in [3.63, 3.8) is 0 Å². The smallest absolute Gasteiger partial charge is 0.271 e. The number of carbonyl (C=O) groups is 3. The number of aryl methyl sites for hydroxylation is 1. The van der Waals surface area contributed by atoms with Crippen LogP contribution in [0.3, 0.4) is 0 Å². The molecule has 1 saturated carbocycles. The molecule has 51 heavy (non-hydrogen) atoms. The number of rotatable bonds is 15. The largest absolute Gasteiger partial charge is 0.352 e. The summed E-state index contributed by atoms with van der Waals surface area (Å²) in [5.74, 6) is -0.248. The number of nitrogens with zero attached hydrogens (tertiary/aromatic N) is 1. The van der Waals surface area contributed by atoms with Crippen molar-refractivity contribution in [2.75, 3.05) is 38.0 Å². The number of aromatic amines is 2. The summed E-state index contributed by atoms with van der Waals surface area (Å²) in [4.78, 5) is 54.2. The molecule has 1 fully saturated rings. The third-order valence-electron chi connectivity index (χ3n) is 10.1. The highest BCUT2D eigenvalue weighted by Crippen LogP contribution is 2.29. The lowest BCUT2D eigenvalue weighted by atomic mass is 9.81. The first-order chi connectivity index (χ1) is 24.2. The van der Waals surface area contributed by atoms with Crippen molar-refractivity contribution in [2.24, 2.45) is 17.6 Å². The maximum atomic E-state index is 13.7. The number of aromatic nitrogens is 2. The molecule has 3 amide bonds. The zero-order valence-electron chi connectivity index (χ0n) is 29.8. The quantitative estimate of drug-likeness (QED) is 0.0932. The Kier molecular flexibility index (Phi) is 14.4. The molecule has 7 N–H and O–H groups in total. The van der Waals surface area contributed by atoms with Crippen LogP contribution in [-0.2, 0) is 16.0 Å². The van der Waals surface area contributed by atoms with E-state index in [1.54, 1.807) is 18.2 Å². The van der Waals surface area contributed by atoms with Crippen LogP contribution in [0.4, 0.5) is 5.69 Å². The van der Waals surface area contributed by atoms with Crippen LogP contribution in [0.2, 0.25) is 0 Å². The lowest BCUT2D eigenvalue weighted by Gasteiger charge is -2.28. The monoisotopic (exact) mass is 717 g/mol. The van der Waals surface area contributed by atoms with E-state index in [0.29, 0.717) is 47.6 Å². The molecule has 4 aromatic rings. The molecule has 1 atom stereocenters. The van der Waals surface area contributed by atoms with Gasteiger partial charge in [0.05, 0.1) is 10.9 Å². The molecular weight excluding hydrogens is 666 g/mol. The minimum atomic E-state index is -0.812. The van der Waals surface area contributed by atoms with Gasteiger partial charge in [0.2, 0.25) is 11.8 Å². The molecule has 0 spiro atoms. The van der Waals surface area contributed by atoms with Crippen molar-refractivity contribution < 1.29 is 14.4 Å². The van der Waals surface area contributed by atoms with Gasteiger partial charge in [-0.05, 0) is 124 Å². The highest BCUT2D eigenvalue weighted by atomic mass is 35.5. The number of benzene rings is 3. The second-order valence-electron chi connectivity index (χ2n) is 13.4. The highest BCUT2D eigenvalue weighted by Gasteiger charge is 2.29. The van der Waals surface area contributed by atoms with E-state index >= 15 is 0 Å². The van der Waals surface area contributed by atoms with Crippen molar-refractivity contribution in [3.8, 4) is 11.1 Å². The first kappa shape index (κ1) is 39.3. The number of H-pyrrole nitrogens is 2. The molecule has 0 radical (unpaired) electrons. The molecule has 12 heteroatoms. The molecule has 11 nitrogen and oxygen atoms in total. The van der Waals surface area contributed by atoms with E-state index in [-0.39, 0.29) is 41.6 Å². The van der Waals surface area contributed by atoms with Crippen molar-refractivity contribution in [2.45, 2.75) is 65.3 Å². The molecule has 274 valence electrons. The van der Waals surface area contributed by atoms with Crippen LogP contribution in [0.5, 0.6) is 0 Å². The Labute approximate surface area is 305 Å². The summed E-state index contributed by atoms with van der Waals surface area (Å²) < 4.78 is 0. The van der Waals surface area contributed by atoms with E-state index in [0.717, 1.165) is 74.0 Å². The fourth-order valence-corrected chi connectivity index (χ4v) is 6.83. The second kappa shape index (κ2) is 18.7. The summed E-state index contributed by atoms with van der Waals surface area (Å²) in [7, 11) is 0. The third-order valence-corrected chi connectivity index (χ3v) is 10.1. The van der Waals surface area contributed by atoms with Gasteiger partial charge in [-0.25, -0.2) is 0 Å². The topological polar surface area (TPSA) is 165 Å². The standard InChI is InChI=1S/C39H51N7O4.ClH/c1-4-46(5-2)20-6-19-41-36(47)30-15-17-32(25(3)21-30)28-11-7-26(8-12-28)22-35(43-37(48)29-13-9-27(24-40)10-14-29)39(50)42-31-16-18-33-34(23-31)44-45-38(33)49;/h7-8,11-12,15-18,21,23,27,29,35H,4-6,9-10,13-14,19-20,22,24,40H2,1-3H3,(H,41,47)(H,42,50)(H,43,48)(H2,44,45,49);1H/t27-,29-,35-;/m0./s1. The Hall–Kier alpha value is -4.45. The number of nitrogens with one attached hydrogen (secondary N) is 5. The Morgan fingerprint density at radius 3 is 2.33 bits per heavy atom. The maximum absolute atomic E-state index is 13.7. The molecule has 0 aliphatic heterocycles. The van der Waals surface area contributed by atoms with Crippen LogP contribution < -0.4 is 27.2 Å². The number of amides is 3. The molecule has 0 bridgehead atoms. The summed E-state index contributed by atoms with van der Waals surface area (Å²) >= 11 is 0. The molecule has 0 unspecified atom stereocenters. The van der Waals surface area contributed by atoms with Crippen LogP contribution in [0.1, 0.15) is 67.4 Å². The minimum Gasteiger partial charge on any atom is -0.352 e. The lowest BCUT2D eigenvalue weighted by molar-refractivity contribution is -0.130. The number of hydrogen-bond acceptors (Lipinski definition) is 6. The lowest BCUT2D eigenvalue weighted by Crippen LogP contribution is -2.48. The van der Waals surface area contributed by atoms with Gasteiger partial charge in [0.25, 0.3) is 11.5 Å². The predicted octanol–water partition coefficient (Wildman–Crippen LogP) is 5.15. The van der Waals surface area contributed by atoms with E-state index in [4.69, 9.17) is 5.73 Å². The van der Waals surface area contributed by atoms with Crippen molar-refractivity contribution in [3.05, 3.63) is 87.7 Å². The predicted molar refractivity (Wildman–Crippen MR) is 206 cm³/mol. The molecule has 5 rings (SSSR count). The van der Waals surface area contributed by atoms with Gasteiger partial charge in [-0.3, -0.25) is 29.4 Å². The summed E-state index contributed by atoms with van der Waals surface area (Å²) in [5, 5.41) is 14.9. The third kappa shape index (κ3) is 10.3. The normalized spacial score (nSPS) is 16.3. The first-order valence-corrected chi connectivity index (χ1v) is 17.9. The SMILES string of the molecule is CCN(CC)CCCNC(=O)c1ccc(-c2ccc(C[C@H](NC(=O)[C@H]3CC[C@H](CN)CC3)C(=O)Nc3ccc4c(=O)[nH][nH]c4c3)cc2)c(C)c1.Cl. The van der Waals surface area contributed by atoms with Gasteiger partial charge >= 0.3 is 0 Å². The van der Waals surface area contributed by atoms with Crippen LogP contribution in [0.25, 0.3) is 22.0 Å². The maximum Gasteiger partial charge on any atom is 0.271 e. The van der Waals surface area contributed by atoms with Crippen LogP contribution >= 0.6 is 12.4 Å². The van der Waals surface area contributed by atoms with E-state index in [9.17, 15) is 19.2 Å². The van der Waals surface area contributed by atoms with E-state index in [2.05, 4.69) is 44.9 Å². The van der Waals surface area contributed by atoms with Crippen LogP contribution in [0, 0.1) is 18.8 Å². The summed E-state index contributed by atoms with van der Waals surface area (Å²) in [6.07, 6.45) is 4.53. The number of hydrogen-bond donors (Lipinski definition) is 6. The van der Waals surface area contributed by atoms with E-state index < -0.39 is 6.04 Å². The molecule has 1 aliphatic rings. The van der Waals surface area contributed by atoms with Gasteiger partial charge in [0.1, 0.15) is 6.04 Å². The van der Waals surface area contributed by atoms with Gasteiger partial charge in [-0.2, -0.15) is 0 Å². The Bertz CT molecular complexity index is 1830. The number of anilines is 1. The van der Waals surface area contributed by atoms with E-state index in [1.165, 1.54) is 0 Å². The van der Waals surface area contributed by atoms with Gasteiger partial charge < -0.3 is 26.6 Å². The van der Waals surface area contributed by atoms with Crippen LogP contribution in [-0.4, -0.2) is 71.6 Å². The fourth-order valence-electron chi connectivity index (χ4n) is 6.83. The highest BCUT2D eigenvalue weighted by molar-refractivity contribution is 5.99. The average Bonchev–Trinajstić information content (AvgIpc) is 3.50. The minimum absolute atomic E-state index is 0. The number of carbonyl (C=O) groups excluding carboxylic acids is 3. The average molecular weight is 718 g/mol. The molecule has 1 aromatic heterocycles. The molecule has 1 aliphatic carbocycles. The molecule has 0 saturated heterocycles. The Morgan fingerprint density at radius 1 is 0.941 bits per heavy atom. The molecular formula is C39H52ClN7O4. The Balaban J connectivity index is 0.00000583. The van der Waals surface area contributed by atoms with Crippen molar-refractivity contribution >= 4 is 46.7 Å². The van der Waals surface area contributed by atoms with Gasteiger partial charge in [0, 0.05) is 30.1 Å². The van der Waals surface area contributed by atoms with Gasteiger partial charge in [-0.15, -0.1) is 12.4 Å². The second-order valence-corrected chi connectivity index (χ2v) is 13.4. The summed E-state index contributed by atoms with van der Waals surface area (Å²) in [6, 6.07) is 17.9. The Morgan fingerprint density at radius 2 is 1.67 bits per heavy atom. The molecule has 1 heterocycles. The number of halogens is 1. The van der Waals surface area contributed by atoms with Crippen LogP contribution in [0.15, 0.2) is 65.5 Å². The zero-order valence-corrected chi connectivity index (χ0v) is 30.7. The van der Waals surface area contributed by atoms with Crippen molar-refractivity contribution in [1.82, 2.24) is 25.7 Å². The van der Waals surface area contributed by atoms with Crippen molar-refractivity contribution in [1.29, 1.82) is 0 Å². The number of nitrogens with two attached hydrogens (primary N) is 1. The van der Waals surface area contributed by atoms with Gasteiger partial charge in [0.15, 0.2) is 0 Å². The van der Waals surface area contributed by atoms with E-state index in [1.807, 2.05) is 49.4 Å². The molecule has 3 aromatic carbocycles. The summed E-state index contributed by atoms with van der Waals surface area (Å²) in [5.41, 5.74) is 11.2. The van der Waals surface area contributed by atoms with Gasteiger partial charge in [-0.1, -0.05) is 44.2 Å². The fraction of sp³-hybridized carbons (Fsp3) is 0.436. The number of fused-ring (bicyclic) bond motifs is 1.